The summed E-state index contributed by atoms with van der Waals surface area (Å²) >= 11 is 0. The molecule has 0 aromatic carbocycles. The lowest BCUT2D eigenvalue weighted by atomic mass is 9.85. The second-order valence-corrected chi connectivity index (χ2v) is 11.3. The molecule has 218 valence electrons. The average molecular weight is 523 g/mol. The number of unbranched alkanes of at least 4 members (excludes halogenated alkanes) is 20. The summed E-state index contributed by atoms with van der Waals surface area (Å²) in [7, 11) is 0. The molecule has 0 bridgehead atoms. The van der Waals surface area contributed by atoms with Gasteiger partial charge in [-0.2, -0.15) is 0 Å². The molecular weight excluding hydrogens is 460 g/mol. The third-order valence-corrected chi connectivity index (χ3v) is 7.69. The highest BCUT2D eigenvalue weighted by Crippen LogP contribution is 2.19. The van der Waals surface area contributed by atoms with Gasteiger partial charge in [0.15, 0.2) is 0 Å². The van der Waals surface area contributed by atoms with Crippen LogP contribution >= 0.6 is 0 Å². The van der Waals surface area contributed by atoms with E-state index < -0.39 is 17.9 Å². The van der Waals surface area contributed by atoms with Crippen molar-refractivity contribution in [1.29, 1.82) is 0 Å². The number of rotatable bonds is 29. The van der Waals surface area contributed by atoms with Crippen molar-refractivity contribution in [3.63, 3.8) is 0 Å². The highest BCUT2D eigenvalue weighted by molar-refractivity contribution is 5.94. The Morgan fingerprint density at radius 2 is 0.784 bits per heavy atom. The number of hydrogen-bond acceptors (Lipinski definition) is 4. The Bertz CT molecular complexity index is 564. The second kappa shape index (κ2) is 26.4. The smallest absolute Gasteiger partial charge is 0.218 e. The summed E-state index contributed by atoms with van der Waals surface area (Å²) in [6, 6.07) is -0.907. The van der Waals surface area contributed by atoms with Crippen molar-refractivity contribution >= 4 is 17.5 Å². The fraction of sp³-hybridized carbons (Fsp3) is 0.906. The summed E-state index contributed by atoms with van der Waals surface area (Å²) in [4.78, 5) is 37.0. The molecule has 0 aromatic heterocycles. The highest BCUT2D eigenvalue weighted by Gasteiger charge is 2.31. The zero-order chi connectivity index (χ0) is 27.6. The van der Waals surface area contributed by atoms with Crippen LogP contribution in [0.15, 0.2) is 0 Å². The van der Waals surface area contributed by atoms with E-state index in [1.54, 1.807) is 0 Å². The minimum absolute atomic E-state index is 0.0745. The minimum Gasteiger partial charge on any atom is -0.370 e. The van der Waals surface area contributed by atoms with Gasteiger partial charge in [0.1, 0.15) is 11.6 Å². The summed E-state index contributed by atoms with van der Waals surface area (Å²) in [5.41, 5.74) is 11.6. The number of Topliss-reactive ketones (excluding diaryl/α,β-unsaturated/α-hetero) is 2. The zero-order valence-electron chi connectivity index (χ0n) is 24.7. The molecule has 0 saturated heterocycles. The first kappa shape index (κ1) is 35.8. The largest absolute Gasteiger partial charge is 0.370 e. The SMILES string of the molecule is CCCCCCCCCCCCCC(=O)C(N)C(CC(N)=O)C(=O)CCCCCCCCCCCCC. The number of ketones is 2. The third-order valence-electron chi connectivity index (χ3n) is 7.69. The van der Waals surface area contributed by atoms with E-state index in [1.165, 1.54) is 103 Å². The van der Waals surface area contributed by atoms with E-state index in [4.69, 9.17) is 11.5 Å². The van der Waals surface area contributed by atoms with E-state index in [9.17, 15) is 14.4 Å². The molecule has 0 saturated carbocycles. The lowest BCUT2D eigenvalue weighted by molar-refractivity contribution is -0.132. The lowest BCUT2D eigenvalue weighted by Crippen LogP contribution is -2.43. The molecule has 2 unspecified atom stereocenters. The molecule has 2 atom stereocenters. The van der Waals surface area contributed by atoms with Gasteiger partial charge in [-0.05, 0) is 12.8 Å². The first-order valence-corrected chi connectivity index (χ1v) is 16.0. The van der Waals surface area contributed by atoms with Gasteiger partial charge in [0.2, 0.25) is 5.91 Å². The molecule has 0 aliphatic carbocycles. The minimum atomic E-state index is -0.907. The van der Waals surface area contributed by atoms with Crippen LogP contribution in [0.25, 0.3) is 0 Å². The molecule has 0 aliphatic rings. The van der Waals surface area contributed by atoms with Crippen molar-refractivity contribution in [2.75, 3.05) is 0 Å². The first-order valence-electron chi connectivity index (χ1n) is 16.0. The van der Waals surface area contributed by atoms with Crippen LogP contribution in [0.3, 0.4) is 0 Å². The molecule has 4 N–H and O–H groups in total. The maximum Gasteiger partial charge on any atom is 0.218 e. The first-order chi connectivity index (χ1) is 17.9. The molecule has 0 radical (unpaired) electrons. The lowest BCUT2D eigenvalue weighted by Gasteiger charge is -2.21. The number of carbonyl (C=O) groups is 3. The van der Waals surface area contributed by atoms with Crippen molar-refractivity contribution in [2.45, 2.75) is 180 Å². The second-order valence-electron chi connectivity index (χ2n) is 11.3. The summed E-state index contributed by atoms with van der Waals surface area (Å²) in [5.74, 6) is -1.50. The Morgan fingerprint density at radius 3 is 1.11 bits per heavy atom. The molecular formula is C32H62N2O3. The number of carbonyl (C=O) groups excluding carboxylic acids is 3. The Kier molecular flexibility index (Phi) is 25.5. The summed E-state index contributed by atoms with van der Waals surface area (Å²) in [6.45, 7) is 4.49. The standard InChI is InChI=1S/C32H62N2O3/c1-3-5-7-9-11-13-15-17-19-21-23-25-29(35)28(27-31(33)37)32(34)30(36)26-24-22-20-18-16-14-12-10-8-6-4-2/h28,32H,3-27,34H2,1-2H3,(H2,33,37). The van der Waals surface area contributed by atoms with Crippen LogP contribution in [0.4, 0.5) is 0 Å². The Balaban J connectivity index is 4.04. The molecule has 5 nitrogen and oxygen atoms in total. The zero-order valence-corrected chi connectivity index (χ0v) is 24.7. The number of hydrogen-bond donors (Lipinski definition) is 2. The van der Waals surface area contributed by atoms with Crippen molar-refractivity contribution in [1.82, 2.24) is 0 Å². The Labute approximate surface area is 229 Å². The van der Waals surface area contributed by atoms with Gasteiger partial charge < -0.3 is 11.5 Å². The van der Waals surface area contributed by atoms with Gasteiger partial charge in [0.25, 0.3) is 0 Å². The molecule has 0 rings (SSSR count). The molecule has 5 heteroatoms. The van der Waals surface area contributed by atoms with Crippen LogP contribution in [0, 0.1) is 5.92 Å². The Morgan fingerprint density at radius 1 is 0.486 bits per heavy atom. The maximum atomic E-state index is 12.8. The van der Waals surface area contributed by atoms with E-state index in [-0.39, 0.29) is 18.0 Å². The average Bonchev–Trinajstić information content (AvgIpc) is 2.88. The van der Waals surface area contributed by atoms with Crippen LogP contribution < -0.4 is 11.5 Å². The predicted molar refractivity (Wildman–Crippen MR) is 157 cm³/mol. The van der Waals surface area contributed by atoms with Crippen LogP contribution in [0.2, 0.25) is 0 Å². The summed E-state index contributed by atoms with van der Waals surface area (Å²) in [5, 5.41) is 0. The third kappa shape index (κ3) is 22.5. The van der Waals surface area contributed by atoms with Gasteiger partial charge in [-0.1, -0.05) is 142 Å². The van der Waals surface area contributed by atoms with Crippen LogP contribution in [-0.2, 0) is 14.4 Å². The van der Waals surface area contributed by atoms with Gasteiger partial charge in [-0.15, -0.1) is 0 Å². The van der Waals surface area contributed by atoms with Gasteiger partial charge in [-0.3, -0.25) is 14.4 Å². The van der Waals surface area contributed by atoms with Crippen LogP contribution in [0.1, 0.15) is 174 Å². The van der Waals surface area contributed by atoms with E-state index in [1.807, 2.05) is 0 Å². The number of primary amides is 1. The van der Waals surface area contributed by atoms with Gasteiger partial charge in [0, 0.05) is 25.2 Å². The van der Waals surface area contributed by atoms with E-state index in [0.29, 0.717) is 12.8 Å². The fourth-order valence-corrected chi connectivity index (χ4v) is 5.16. The Hall–Kier alpha value is -1.23. The van der Waals surface area contributed by atoms with Crippen LogP contribution in [0.5, 0.6) is 0 Å². The molecule has 0 spiro atoms. The monoisotopic (exact) mass is 522 g/mol. The topological polar surface area (TPSA) is 103 Å². The normalized spacial score (nSPS) is 12.9. The van der Waals surface area contributed by atoms with Crippen molar-refractivity contribution in [3.05, 3.63) is 0 Å². The van der Waals surface area contributed by atoms with E-state index in [2.05, 4.69) is 13.8 Å². The molecule has 0 aliphatic heterocycles. The van der Waals surface area contributed by atoms with E-state index >= 15 is 0 Å². The highest BCUT2D eigenvalue weighted by atomic mass is 16.2. The maximum absolute atomic E-state index is 12.8. The number of amides is 1. The van der Waals surface area contributed by atoms with Gasteiger partial charge in [0.05, 0.1) is 6.04 Å². The van der Waals surface area contributed by atoms with Crippen molar-refractivity contribution in [3.8, 4) is 0 Å². The molecule has 0 heterocycles. The molecule has 1 amide bonds. The number of nitrogens with two attached hydrogens (primary N) is 2. The molecule has 37 heavy (non-hydrogen) atoms. The van der Waals surface area contributed by atoms with E-state index in [0.717, 1.165) is 38.5 Å². The molecule has 0 fully saturated rings. The van der Waals surface area contributed by atoms with Crippen molar-refractivity contribution < 1.29 is 14.4 Å². The summed E-state index contributed by atoms with van der Waals surface area (Å²) < 4.78 is 0. The van der Waals surface area contributed by atoms with Crippen molar-refractivity contribution in [2.24, 2.45) is 17.4 Å². The van der Waals surface area contributed by atoms with Crippen LogP contribution in [-0.4, -0.2) is 23.5 Å². The predicted octanol–water partition coefficient (Wildman–Crippen LogP) is 8.35. The quantitative estimate of drug-likeness (QED) is 0.0963. The van der Waals surface area contributed by atoms with Gasteiger partial charge in [-0.25, -0.2) is 0 Å². The summed E-state index contributed by atoms with van der Waals surface area (Å²) in [6.07, 6.45) is 27.5. The molecule has 0 aromatic rings. The van der Waals surface area contributed by atoms with Gasteiger partial charge >= 0.3 is 0 Å². The fourth-order valence-electron chi connectivity index (χ4n) is 5.16.